The Morgan fingerprint density at radius 1 is 1.12 bits per heavy atom. The Balaban J connectivity index is 1.61. The number of nitrogens with zero attached hydrogens (tertiary/aromatic N) is 5. The summed E-state index contributed by atoms with van der Waals surface area (Å²) < 4.78 is 54.7. The second-order valence-electron chi connectivity index (χ2n) is 10.4. The van der Waals surface area contributed by atoms with Gasteiger partial charge in [-0.1, -0.05) is 12.1 Å². The second-order valence-corrected chi connectivity index (χ2v) is 10.4. The quantitative estimate of drug-likeness (QED) is 0.287. The lowest BCUT2D eigenvalue weighted by Crippen LogP contribution is -2.48. The van der Waals surface area contributed by atoms with Crippen molar-refractivity contribution in [3.63, 3.8) is 0 Å². The topological polar surface area (TPSA) is 110 Å². The van der Waals surface area contributed by atoms with E-state index in [1.165, 1.54) is 30.9 Å². The molecular weight excluding hydrogens is 567 g/mol. The van der Waals surface area contributed by atoms with Crippen LogP contribution in [0.15, 0.2) is 42.5 Å². The van der Waals surface area contributed by atoms with Gasteiger partial charge in [0.25, 0.3) is 5.91 Å². The molecule has 0 saturated carbocycles. The summed E-state index contributed by atoms with van der Waals surface area (Å²) in [5, 5.41) is 13.8. The van der Waals surface area contributed by atoms with Crippen molar-refractivity contribution >= 4 is 29.0 Å². The Morgan fingerprint density at radius 3 is 2.49 bits per heavy atom. The number of carbonyl (C=O) groups excluding carboxylic acids is 1. The van der Waals surface area contributed by atoms with E-state index in [0.717, 1.165) is 17.7 Å². The molecule has 0 aliphatic carbocycles. The number of hydrogen-bond donors (Lipinski definition) is 1. The first-order valence-electron chi connectivity index (χ1n) is 13.5. The van der Waals surface area contributed by atoms with Crippen LogP contribution in [-0.2, 0) is 9.53 Å². The lowest BCUT2D eigenvalue weighted by Gasteiger charge is -2.36. The van der Waals surface area contributed by atoms with Crippen LogP contribution >= 0.6 is 0 Å². The first-order chi connectivity index (χ1) is 20.5. The van der Waals surface area contributed by atoms with Crippen molar-refractivity contribution in [3.05, 3.63) is 71.2 Å². The van der Waals surface area contributed by atoms with E-state index in [9.17, 15) is 27.9 Å². The first kappa shape index (κ1) is 29.8. The van der Waals surface area contributed by atoms with Gasteiger partial charge in [-0.15, -0.1) is 0 Å². The van der Waals surface area contributed by atoms with E-state index in [2.05, 4.69) is 10.1 Å². The van der Waals surface area contributed by atoms with Crippen molar-refractivity contribution in [2.45, 2.75) is 25.9 Å². The smallest absolute Gasteiger partial charge is 0.303 e. The van der Waals surface area contributed by atoms with Crippen LogP contribution < -0.4 is 9.64 Å². The van der Waals surface area contributed by atoms with Crippen molar-refractivity contribution in [1.29, 1.82) is 0 Å². The number of halogens is 3. The summed E-state index contributed by atoms with van der Waals surface area (Å²) in [7, 11) is 4.75. The van der Waals surface area contributed by atoms with E-state index in [0.29, 0.717) is 30.2 Å². The van der Waals surface area contributed by atoms with E-state index in [1.54, 1.807) is 22.9 Å². The number of fused-ring (bicyclic) bond motifs is 1. The third kappa shape index (κ3) is 5.72. The molecule has 0 unspecified atom stereocenters. The van der Waals surface area contributed by atoms with Crippen LogP contribution in [0.1, 0.15) is 28.9 Å². The molecule has 2 aromatic heterocycles. The minimum atomic E-state index is -1.59. The maximum Gasteiger partial charge on any atom is 0.303 e. The maximum absolute atomic E-state index is 14.2. The van der Waals surface area contributed by atoms with E-state index in [4.69, 9.17) is 9.47 Å². The van der Waals surface area contributed by atoms with E-state index in [-0.39, 0.29) is 41.5 Å². The largest absolute Gasteiger partial charge is 0.495 e. The molecule has 0 bridgehead atoms. The van der Waals surface area contributed by atoms with Crippen LogP contribution in [0.4, 0.5) is 24.7 Å². The third-order valence-electron chi connectivity index (χ3n) is 7.73. The van der Waals surface area contributed by atoms with Gasteiger partial charge in [0.05, 0.1) is 31.0 Å². The Kier molecular flexibility index (Phi) is 8.27. The SMILES string of the molecule is COc1cccc(C)c1N(C)c1cc(-c2cc(F)c(F)c(F)c2)nc2cc(C(=O)N3CC[C@@H](CC(=O)O)[C@@H](OC)C3)nn12. The van der Waals surface area contributed by atoms with Crippen LogP contribution in [0.25, 0.3) is 16.9 Å². The number of ether oxygens (including phenoxy) is 2. The number of anilines is 2. The lowest BCUT2D eigenvalue weighted by atomic mass is 9.90. The highest BCUT2D eigenvalue weighted by Gasteiger charge is 2.34. The number of benzene rings is 2. The fourth-order valence-electron chi connectivity index (χ4n) is 5.53. The van der Waals surface area contributed by atoms with Gasteiger partial charge in [-0.05, 0) is 43.0 Å². The van der Waals surface area contributed by atoms with Gasteiger partial charge in [0.1, 0.15) is 11.6 Å². The molecule has 43 heavy (non-hydrogen) atoms. The highest BCUT2D eigenvalue weighted by Crippen LogP contribution is 2.37. The predicted molar refractivity (Wildman–Crippen MR) is 151 cm³/mol. The molecule has 1 aliphatic rings. The van der Waals surface area contributed by atoms with Crippen LogP contribution in [0, 0.1) is 30.3 Å². The number of piperidine rings is 1. The van der Waals surface area contributed by atoms with Crippen molar-refractivity contribution in [2.24, 2.45) is 5.92 Å². The summed E-state index contributed by atoms with van der Waals surface area (Å²) in [5.41, 5.74) is 1.89. The van der Waals surface area contributed by atoms with Crippen molar-refractivity contribution < 1.29 is 37.3 Å². The summed E-state index contributed by atoms with van der Waals surface area (Å²) in [4.78, 5) is 32.7. The summed E-state index contributed by atoms with van der Waals surface area (Å²) >= 11 is 0. The molecular formula is C30H30F3N5O5. The number of para-hydroxylation sites is 1. The van der Waals surface area contributed by atoms with E-state index in [1.807, 2.05) is 19.1 Å². The molecule has 5 rings (SSSR count). The minimum Gasteiger partial charge on any atom is -0.495 e. The number of carbonyl (C=O) groups is 2. The molecule has 2 atom stereocenters. The van der Waals surface area contributed by atoms with Crippen LogP contribution in [-0.4, -0.2) is 76.9 Å². The molecule has 4 aromatic rings. The zero-order chi connectivity index (χ0) is 31.0. The summed E-state index contributed by atoms with van der Waals surface area (Å²) in [6.07, 6.45) is -0.0895. The van der Waals surface area contributed by atoms with Gasteiger partial charge in [-0.3, -0.25) is 9.59 Å². The number of methoxy groups -OCH3 is 2. The van der Waals surface area contributed by atoms with Gasteiger partial charge in [0, 0.05) is 44.9 Å². The summed E-state index contributed by atoms with van der Waals surface area (Å²) in [5.74, 6) is -4.98. The molecule has 3 heterocycles. The molecule has 0 radical (unpaired) electrons. The van der Waals surface area contributed by atoms with Crippen molar-refractivity contribution in [1.82, 2.24) is 19.5 Å². The molecule has 13 heteroatoms. The average Bonchev–Trinajstić information content (AvgIpc) is 3.42. The molecule has 226 valence electrons. The molecule has 1 saturated heterocycles. The zero-order valence-corrected chi connectivity index (χ0v) is 24.0. The predicted octanol–water partition coefficient (Wildman–Crippen LogP) is 4.85. The fraction of sp³-hybridized carbons (Fsp3) is 0.333. The third-order valence-corrected chi connectivity index (χ3v) is 7.73. The van der Waals surface area contributed by atoms with Gasteiger partial charge < -0.3 is 24.4 Å². The fourth-order valence-corrected chi connectivity index (χ4v) is 5.53. The molecule has 1 aliphatic heterocycles. The zero-order valence-electron chi connectivity index (χ0n) is 24.0. The number of aryl methyl sites for hydroxylation is 1. The number of carboxylic acids is 1. The first-order valence-corrected chi connectivity index (χ1v) is 13.5. The average molecular weight is 598 g/mol. The van der Waals surface area contributed by atoms with Gasteiger partial charge in [-0.2, -0.15) is 9.61 Å². The standard InChI is InChI=1S/C30H30F3N5O5/c1-16-6-5-7-23(42-3)29(16)36(2)26-14-21(18-10-19(31)28(33)20(32)11-18)34-25-13-22(35-38(25)26)30(41)37-9-8-17(12-27(39)40)24(15-37)43-4/h5-7,10-11,13-14,17,24H,8-9,12,15H2,1-4H3,(H,39,40)/t17-,24-/m0/s1. The Labute approximate surface area is 245 Å². The van der Waals surface area contributed by atoms with Crippen molar-refractivity contribution in [3.8, 4) is 17.0 Å². The number of aromatic nitrogens is 3. The van der Waals surface area contributed by atoms with Gasteiger partial charge in [-0.25, -0.2) is 18.2 Å². The van der Waals surface area contributed by atoms with Crippen molar-refractivity contribution in [2.75, 3.05) is 39.3 Å². The minimum absolute atomic E-state index is 0.0113. The molecule has 0 spiro atoms. The number of carboxylic acid groups (broad SMARTS) is 1. The number of amides is 1. The summed E-state index contributed by atoms with van der Waals surface area (Å²) in [6.45, 7) is 2.38. The van der Waals surface area contributed by atoms with Crippen LogP contribution in [0.5, 0.6) is 5.75 Å². The lowest BCUT2D eigenvalue weighted by molar-refractivity contribution is -0.140. The Bertz CT molecular complexity index is 1690. The normalized spacial score (nSPS) is 16.9. The molecule has 1 amide bonds. The monoisotopic (exact) mass is 597 g/mol. The number of hydrogen-bond acceptors (Lipinski definition) is 7. The highest BCUT2D eigenvalue weighted by atomic mass is 19.2. The van der Waals surface area contributed by atoms with E-state index >= 15 is 0 Å². The van der Waals surface area contributed by atoms with E-state index < -0.39 is 35.4 Å². The van der Waals surface area contributed by atoms with Crippen LogP contribution in [0.2, 0.25) is 0 Å². The van der Waals surface area contributed by atoms with Gasteiger partial charge in [0.15, 0.2) is 28.8 Å². The maximum atomic E-state index is 14.2. The second kappa shape index (κ2) is 11.9. The molecule has 1 N–H and O–H groups in total. The number of aliphatic carboxylic acids is 1. The van der Waals surface area contributed by atoms with Gasteiger partial charge in [0.2, 0.25) is 0 Å². The molecule has 2 aromatic carbocycles. The van der Waals surface area contributed by atoms with Gasteiger partial charge >= 0.3 is 5.97 Å². The molecule has 1 fully saturated rings. The Hall–Kier alpha value is -4.65. The Morgan fingerprint density at radius 2 is 1.84 bits per heavy atom. The number of likely N-dealkylation sites (tertiary alicyclic amines) is 1. The summed E-state index contributed by atoms with van der Waals surface area (Å²) in [6, 6.07) is 10.2. The van der Waals surface area contributed by atoms with Crippen LogP contribution in [0.3, 0.4) is 0 Å². The molecule has 10 nitrogen and oxygen atoms in total. The number of rotatable bonds is 8. The highest BCUT2D eigenvalue weighted by molar-refractivity contribution is 5.94.